The largest absolute Gasteiger partial charge is 0.488 e. The number of rotatable bonds is 7. The van der Waals surface area contributed by atoms with Crippen LogP contribution in [0.5, 0.6) is 5.75 Å². The molecular formula is C13H15N3O3S. The van der Waals surface area contributed by atoms with E-state index in [1.807, 2.05) is 6.92 Å². The molecule has 0 aliphatic rings. The minimum Gasteiger partial charge on any atom is -0.488 e. The van der Waals surface area contributed by atoms with Crippen molar-refractivity contribution >= 4 is 17.0 Å². The van der Waals surface area contributed by atoms with Gasteiger partial charge in [0.1, 0.15) is 12.4 Å². The number of nitro groups is 1. The van der Waals surface area contributed by atoms with Crippen molar-refractivity contribution in [3.63, 3.8) is 0 Å². The molecule has 0 aliphatic carbocycles. The van der Waals surface area contributed by atoms with Crippen molar-refractivity contribution in [2.45, 2.75) is 20.1 Å². The maximum absolute atomic E-state index is 10.8. The predicted molar refractivity (Wildman–Crippen MR) is 76.9 cm³/mol. The van der Waals surface area contributed by atoms with Gasteiger partial charge in [-0.05, 0) is 12.6 Å². The molecule has 0 atom stereocenters. The van der Waals surface area contributed by atoms with Crippen molar-refractivity contribution in [3.8, 4) is 5.75 Å². The highest BCUT2D eigenvalue weighted by atomic mass is 32.1. The van der Waals surface area contributed by atoms with Gasteiger partial charge in [-0.15, -0.1) is 11.3 Å². The zero-order valence-electron chi connectivity index (χ0n) is 11.0. The summed E-state index contributed by atoms with van der Waals surface area (Å²) < 4.78 is 5.72. The Morgan fingerprint density at radius 2 is 2.35 bits per heavy atom. The monoisotopic (exact) mass is 293 g/mol. The number of hydrogen-bond acceptors (Lipinski definition) is 6. The Morgan fingerprint density at radius 3 is 3.00 bits per heavy atom. The van der Waals surface area contributed by atoms with Gasteiger partial charge in [-0.2, -0.15) is 0 Å². The fourth-order valence-electron chi connectivity index (χ4n) is 1.68. The third-order valence-corrected chi connectivity index (χ3v) is 3.43. The van der Waals surface area contributed by atoms with Crippen LogP contribution in [0.4, 0.5) is 5.69 Å². The second kappa shape index (κ2) is 6.97. The van der Waals surface area contributed by atoms with Gasteiger partial charge >= 0.3 is 0 Å². The molecule has 2 aromatic rings. The lowest BCUT2D eigenvalue weighted by Gasteiger charge is -2.11. The van der Waals surface area contributed by atoms with Gasteiger partial charge in [-0.25, -0.2) is 0 Å². The topological polar surface area (TPSA) is 77.3 Å². The van der Waals surface area contributed by atoms with Gasteiger partial charge in [0.05, 0.1) is 15.3 Å². The molecule has 7 heteroatoms. The molecule has 1 heterocycles. The minimum atomic E-state index is -0.400. The highest BCUT2D eigenvalue weighted by molar-refractivity contribution is 7.09. The van der Waals surface area contributed by atoms with Crippen LogP contribution in [0.1, 0.15) is 17.4 Å². The molecule has 0 unspecified atom stereocenters. The highest BCUT2D eigenvalue weighted by Crippen LogP contribution is 2.25. The molecule has 20 heavy (non-hydrogen) atoms. The molecule has 0 saturated heterocycles. The van der Waals surface area contributed by atoms with Crippen molar-refractivity contribution in [2.24, 2.45) is 0 Å². The Hall–Kier alpha value is -1.99. The summed E-state index contributed by atoms with van der Waals surface area (Å²) in [5, 5.41) is 14.0. The predicted octanol–water partition coefficient (Wildman–Crippen LogP) is 2.74. The van der Waals surface area contributed by atoms with Crippen LogP contribution in [0, 0.1) is 10.1 Å². The van der Waals surface area contributed by atoms with E-state index in [4.69, 9.17) is 4.74 Å². The van der Waals surface area contributed by atoms with E-state index in [-0.39, 0.29) is 5.69 Å². The third kappa shape index (κ3) is 3.75. The zero-order valence-corrected chi connectivity index (χ0v) is 11.9. The molecule has 0 radical (unpaired) electrons. The van der Waals surface area contributed by atoms with E-state index < -0.39 is 4.92 Å². The zero-order chi connectivity index (χ0) is 14.4. The summed E-state index contributed by atoms with van der Waals surface area (Å²) >= 11 is 1.51. The van der Waals surface area contributed by atoms with E-state index >= 15 is 0 Å². The van der Waals surface area contributed by atoms with Crippen molar-refractivity contribution in [1.82, 2.24) is 10.3 Å². The first-order valence-corrected chi connectivity index (χ1v) is 7.07. The Kier molecular flexibility index (Phi) is 5.03. The van der Waals surface area contributed by atoms with Gasteiger partial charge in [0.25, 0.3) is 5.69 Å². The first kappa shape index (κ1) is 14.4. The summed E-state index contributed by atoms with van der Waals surface area (Å²) in [6, 6.07) is 4.65. The standard InChI is InChI=1S/C13H15N3O3S/c1-2-14-6-10-5-11(16(17)18)3-4-13(10)19-8-12-7-15-9-20-12/h3-5,7,9,14H,2,6,8H2,1H3. The lowest BCUT2D eigenvalue weighted by Crippen LogP contribution is -2.13. The van der Waals surface area contributed by atoms with Crippen LogP contribution in [0.2, 0.25) is 0 Å². The van der Waals surface area contributed by atoms with Crippen LogP contribution >= 0.6 is 11.3 Å². The normalized spacial score (nSPS) is 10.4. The van der Waals surface area contributed by atoms with Crippen LogP contribution < -0.4 is 10.1 Å². The second-order valence-corrected chi connectivity index (χ2v) is 5.06. The number of nitrogens with zero attached hydrogens (tertiary/aromatic N) is 2. The molecule has 1 aromatic heterocycles. The first-order chi connectivity index (χ1) is 9.70. The van der Waals surface area contributed by atoms with E-state index in [1.165, 1.54) is 17.4 Å². The van der Waals surface area contributed by atoms with Gasteiger partial charge in [-0.3, -0.25) is 15.1 Å². The van der Waals surface area contributed by atoms with E-state index in [0.717, 1.165) is 17.0 Å². The average molecular weight is 293 g/mol. The Bertz CT molecular complexity index is 572. The minimum absolute atomic E-state index is 0.0723. The number of nitro benzene ring substituents is 1. The summed E-state index contributed by atoms with van der Waals surface area (Å²) in [6.45, 7) is 3.73. The Labute approximate surface area is 120 Å². The number of aromatic nitrogens is 1. The SMILES string of the molecule is CCNCc1cc([N+](=O)[O-])ccc1OCc1cncs1. The maximum Gasteiger partial charge on any atom is 0.270 e. The average Bonchev–Trinajstić information content (AvgIpc) is 2.96. The van der Waals surface area contributed by atoms with E-state index in [0.29, 0.717) is 18.9 Å². The van der Waals surface area contributed by atoms with Crippen LogP contribution in [0.25, 0.3) is 0 Å². The van der Waals surface area contributed by atoms with E-state index in [2.05, 4.69) is 10.3 Å². The summed E-state index contributed by atoms with van der Waals surface area (Å²) in [6.07, 6.45) is 1.75. The van der Waals surface area contributed by atoms with E-state index in [9.17, 15) is 10.1 Å². The summed E-state index contributed by atoms with van der Waals surface area (Å²) in [5.41, 5.74) is 2.60. The molecule has 0 bridgehead atoms. The van der Waals surface area contributed by atoms with Crippen molar-refractivity contribution in [2.75, 3.05) is 6.54 Å². The van der Waals surface area contributed by atoms with Gasteiger partial charge in [-0.1, -0.05) is 6.92 Å². The number of hydrogen-bond donors (Lipinski definition) is 1. The number of benzene rings is 1. The molecule has 1 N–H and O–H groups in total. The Balaban J connectivity index is 2.14. The number of ether oxygens (including phenoxy) is 1. The second-order valence-electron chi connectivity index (χ2n) is 4.09. The van der Waals surface area contributed by atoms with Crippen LogP contribution in [0.3, 0.4) is 0 Å². The van der Waals surface area contributed by atoms with Gasteiger partial charge < -0.3 is 10.1 Å². The van der Waals surface area contributed by atoms with E-state index in [1.54, 1.807) is 23.8 Å². The number of nitrogens with one attached hydrogen (secondary N) is 1. The van der Waals surface area contributed by atoms with Crippen molar-refractivity contribution < 1.29 is 9.66 Å². The van der Waals surface area contributed by atoms with Gasteiger partial charge in [0.2, 0.25) is 0 Å². The number of non-ortho nitro benzene ring substituents is 1. The van der Waals surface area contributed by atoms with Gasteiger partial charge in [0.15, 0.2) is 0 Å². The fraction of sp³-hybridized carbons (Fsp3) is 0.308. The van der Waals surface area contributed by atoms with Crippen LogP contribution in [-0.4, -0.2) is 16.5 Å². The highest BCUT2D eigenvalue weighted by Gasteiger charge is 2.11. The summed E-state index contributed by atoms with van der Waals surface area (Å²) in [5.74, 6) is 0.657. The number of thiazole rings is 1. The van der Waals surface area contributed by atoms with Crippen LogP contribution in [-0.2, 0) is 13.2 Å². The van der Waals surface area contributed by atoms with Crippen molar-refractivity contribution in [1.29, 1.82) is 0 Å². The summed E-state index contributed by atoms with van der Waals surface area (Å²) in [4.78, 5) is 15.4. The quantitative estimate of drug-likeness (QED) is 0.627. The molecular weight excluding hydrogens is 278 g/mol. The smallest absolute Gasteiger partial charge is 0.270 e. The fourth-order valence-corrected chi connectivity index (χ4v) is 2.19. The lowest BCUT2D eigenvalue weighted by molar-refractivity contribution is -0.384. The lowest BCUT2D eigenvalue weighted by atomic mass is 10.1. The molecule has 0 saturated carbocycles. The molecule has 0 fully saturated rings. The van der Waals surface area contributed by atoms with Crippen molar-refractivity contribution in [3.05, 3.63) is 50.5 Å². The molecule has 106 valence electrons. The van der Waals surface area contributed by atoms with Crippen LogP contribution in [0.15, 0.2) is 29.9 Å². The first-order valence-electron chi connectivity index (χ1n) is 6.19. The van der Waals surface area contributed by atoms with Gasteiger partial charge in [0, 0.05) is 30.4 Å². The molecule has 0 amide bonds. The maximum atomic E-state index is 10.8. The molecule has 2 rings (SSSR count). The molecule has 0 aliphatic heterocycles. The Morgan fingerprint density at radius 1 is 1.50 bits per heavy atom. The molecule has 0 spiro atoms. The molecule has 6 nitrogen and oxygen atoms in total. The third-order valence-electron chi connectivity index (χ3n) is 2.67. The summed E-state index contributed by atoms with van der Waals surface area (Å²) in [7, 11) is 0. The molecule has 1 aromatic carbocycles.